The van der Waals surface area contributed by atoms with E-state index in [-0.39, 0.29) is 24.5 Å². The normalized spacial score (nSPS) is 45.7. The van der Waals surface area contributed by atoms with Gasteiger partial charge in [-0.25, -0.2) is 0 Å². The molecule has 9 nitrogen and oxygen atoms in total. The van der Waals surface area contributed by atoms with Gasteiger partial charge in [0.2, 0.25) is 5.91 Å². The van der Waals surface area contributed by atoms with E-state index in [1.807, 2.05) is 0 Å². The SMILES string of the molecule is NCCO.O=C(NCCO)C12CC3CC(CC(O)(C3)C1)C2.O=C(O)C12CC3CC(CC(O)(C3)C1)C2. The third-order valence-corrected chi connectivity index (χ3v) is 9.52. The maximum Gasteiger partial charge on any atom is 0.309 e. The van der Waals surface area contributed by atoms with Crippen molar-refractivity contribution in [3.63, 3.8) is 0 Å². The van der Waals surface area contributed by atoms with Gasteiger partial charge in [0, 0.05) is 13.1 Å². The first-order valence-corrected chi connectivity index (χ1v) is 13.4. The van der Waals surface area contributed by atoms with Gasteiger partial charge in [0.25, 0.3) is 0 Å². The summed E-state index contributed by atoms with van der Waals surface area (Å²) in [6, 6.07) is 0. The van der Waals surface area contributed by atoms with Gasteiger partial charge in [-0.05, 0) is 101 Å². The summed E-state index contributed by atoms with van der Waals surface area (Å²) >= 11 is 0. The number of aliphatic carboxylic acids is 1. The average molecular weight is 497 g/mol. The van der Waals surface area contributed by atoms with Gasteiger partial charge >= 0.3 is 5.97 Å². The van der Waals surface area contributed by atoms with Crippen molar-refractivity contribution < 1.29 is 35.1 Å². The van der Waals surface area contributed by atoms with Crippen molar-refractivity contribution in [3.8, 4) is 0 Å². The van der Waals surface area contributed by atoms with Gasteiger partial charge in [0.15, 0.2) is 0 Å². The van der Waals surface area contributed by atoms with Crippen LogP contribution < -0.4 is 11.1 Å². The molecule has 0 aliphatic heterocycles. The summed E-state index contributed by atoms with van der Waals surface area (Å²) in [6.07, 6.45) is 10.4. The molecule has 200 valence electrons. The number of carbonyl (C=O) groups is 2. The Hall–Kier alpha value is -1.26. The molecule has 8 saturated carbocycles. The molecule has 0 radical (unpaired) electrons. The predicted octanol–water partition coefficient (Wildman–Crippen LogP) is 0.766. The lowest BCUT2D eigenvalue weighted by molar-refractivity contribution is -0.191. The van der Waals surface area contributed by atoms with Crippen LogP contribution in [-0.4, -0.2) is 74.9 Å². The molecule has 8 rings (SSSR count). The minimum absolute atomic E-state index is 0.0149. The van der Waals surface area contributed by atoms with Crippen LogP contribution in [0.4, 0.5) is 0 Å². The molecule has 4 atom stereocenters. The number of nitrogens with two attached hydrogens (primary N) is 1. The van der Waals surface area contributed by atoms with Crippen LogP contribution in [0.1, 0.15) is 77.0 Å². The van der Waals surface area contributed by atoms with Crippen LogP contribution in [-0.2, 0) is 9.59 Å². The van der Waals surface area contributed by atoms with Crippen LogP contribution in [0, 0.1) is 34.5 Å². The lowest BCUT2D eigenvalue weighted by Gasteiger charge is -2.59. The molecule has 8 fully saturated rings. The summed E-state index contributed by atoms with van der Waals surface area (Å²) in [5.74, 6) is 1.38. The fraction of sp³-hybridized carbons (Fsp3) is 0.923. The highest BCUT2D eigenvalue weighted by Gasteiger charge is 2.61. The highest BCUT2D eigenvalue weighted by atomic mass is 16.4. The number of rotatable bonds is 5. The first-order valence-electron chi connectivity index (χ1n) is 13.4. The van der Waals surface area contributed by atoms with Gasteiger partial charge in [-0.1, -0.05) is 0 Å². The van der Waals surface area contributed by atoms with E-state index >= 15 is 0 Å². The molecule has 0 aromatic carbocycles. The maximum atomic E-state index is 12.3. The largest absolute Gasteiger partial charge is 0.481 e. The molecule has 0 aromatic heterocycles. The van der Waals surface area contributed by atoms with Crippen LogP contribution in [0.3, 0.4) is 0 Å². The monoisotopic (exact) mass is 496 g/mol. The molecule has 0 heterocycles. The van der Waals surface area contributed by atoms with Crippen molar-refractivity contribution in [2.75, 3.05) is 26.3 Å². The zero-order valence-corrected chi connectivity index (χ0v) is 20.8. The van der Waals surface area contributed by atoms with Crippen LogP contribution in [0.15, 0.2) is 0 Å². The number of hydrogen-bond donors (Lipinski definition) is 7. The van der Waals surface area contributed by atoms with Gasteiger partial charge in [0.05, 0.1) is 35.2 Å². The number of carboxylic acid groups (broad SMARTS) is 1. The summed E-state index contributed by atoms with van der Waals surface area (Å²) in [4.78, 5) is 23.5. The number of aliphatic hydroxyl groups is 4. The fourth-order valence-electron chi connectivity index (χ4n) is 9.30. The maximum absolute atomic E-state index is 12.3. The van der Waals surface area contributed by atoms with Crippen LogP contribution in [0.2, 0.25) is 0 Å². The van der Waals surface area contributed by atoms with Gasteiger partial charge in [0.1, 0.15) is 0 Å². The molecule has 9 heteroatoms. The van der Waals surface area contributed by atoms with Crippen LogP contribution >= 0.6 is 0 Å². The number of amides is 1. The number of carbonyl (C=O) groups excluding carboxylic acids is 1. The molecular formula is C26H44N2O7. The summed E-state index contributed by atoms with van der Waals surface area (Å²) in [7, 11) is 0. The van der Waals surface area contributed by atoms with Gasteiger partial charge in [-0.3, -0.25) is 9.59 Å². The predicted molar refractivity (Wildman–Crippen MR) is 128 cm³/mol. The summed E-state index contributed by atoms with van der Waals surface area (Å²) in [5.41, 5.74) is 2.65. The second kappa shape index (κ2) is 9.89. The molecule has 4 unspecified atom stereocenters. The fourth-order valence-corrected chi connectivity index (χ4v) is 9.30. The molecular weight excluding hydrogens is 452 g/mol. The molecule has 8 N–H and O–H groups in total. The number of hydrogen-bond acceptors (Lipinski definition) is 7. The van der Waals surface area contributed by atoms with Crippen molar-refractivity contribution in [1.29, 1.82) is 0 Å². The third-order valence-electron chi connectivity index (χ3n) is 9.52. The van der Waals surface area contributed by atoms with E-state index in [2.05, 4.69) is 5.32 Å². The Labute approximate surface area is 207 Å². The number of nitrogens with one attached hydrogen (secondary N) is 1. The molecule has 35 heavy (non-hydrogen) atoms. The summed E-state index contributed by atoms with van der Waals surface area (Å²) < 4.78 is 0. The van der Waals surface area contributed by atoms with Crippen molar-refractivity contribution in [1.82, 2.24) is 5.32 Å². The molecule has 8 aliphatic carbocycles. The van der Waals surface area contributed by atoms with E-state index in [4.69, 9.17) is 15.9 Å². The van der Waals surface area contributed by atoms with E-state index < -0.39 is 22.6 Å². The lowest BCUT2D eigenvalue weighted by atomic mass is 9.47. The Bertz CT molecular complexity index is 773. The Morgan fingerprint density at radius 1 is 0.743 bits per heavy atom. The van der Waals surface area contributed by atoms with Crippen LogP contribution in [0.5, 0.6) is 0 Å². The molecule has 0 saturated heterocycles. The Morgan fingerprint density at radius 3 is 1.49 bits per heavy atom. The highest BCUT2D eigenvalue weighted by molar-refractivity contribution is 5.83. The Kier molecular flexibility index (Phi) is 7.57. The van der Waals surface area contributed by atoms with E-state index in [0.717, 1.165) is 57.8 Å². The smallest absolute Gasteiger partial charge is 0.309 e. The van der Waals surface area contributed by atoms with Crippen molar-refractivity contribution in [3.05, 3.63) is 0 Å². The third kappa shape index (κ3) is 5.39. The second-order valence-electron chi connectivity index (χ2n) is 12.7. The minimum Gasteiger partial charge on any atom is -0.481 e. The van der Waals surface area contributed by atoms with E-state index in [1.165, 1.54) is 6.42 Å². The number of carboxylic acids is 1. The van der Waals surface area contributed by atoms with E-state index in [1.54, 1.807) is 0 Å². The second-order valence-corrected chi connectivity index (χ2v) is 12.7. The zero-order chi connectivity index (χ0) is 25.5. The quantitative estimate of drug-likeness (QED) is 0.292. The van der Waals surface area contributed by atoms with Crippen molar-refractivity contribution in [2.45, 2.75) is 88.3 Å². The minimum atomic E-state index is -0.676. The highest BCUT2D eigenvalue weighted by Crippen LogP contribution is 2.62. The molecule has 8 aliphatic rings. The van der Waals surface area contributed by atoms with Gasteiger partial charge in [-0.2, -0.15) is 0 Å². The summed E-state index contributed by atoms with van der Waals surface area (Å²) in [5, 5.41) is 49.4. The van der Waals surface area contributed by atoms with Crippen molar-refractivity contribution >= 4 is 11.9 Å². The molecule has 0 aromatic rings. The summed E-state index contributed by atoms with van der Waals surface area (Å²) in [6.45, 7) is 0.785. The molecule has 0 spiro atoms. The topological polar surface area (TPSA) is 173 Å². The first-order chi connectivity index (χ1) is 16.5. The average Bonchev–Trinajstić information content (AvgIpc) is 2.74. The molecule has 8 bridgehead atoms. The van der Waals surface area contributed by atoms with Gasteiger partial charge in [-0.15, -0.1) is 0 Å². The van der Waals surface area contributed by atoms with Gasteiger partial charge < -0.3 is 36.6 Å². The Balaban J connectivity index is 0.000000145. The standard InChI is InChI=1S/C13H21NO3.C11H16O3.C2H7NO/c15-2-1-14-11(16)12-4-9-3-10(5-12)7-13(17,6-9)8-12;12-9(13)10-2-7-1-8(3-10)5-11(14,4-7)6-10;3-1-2-4/h9-10,15,17H,1-8H2,(H,14,16);7-8,14H,1-6H2,(H,12,13);4H,1-3H2. The van der Waals surface area contributed by atoms with Crippen LogP contribution in [0.25, 0.3) is 0 Å². The molecule has 1 amide bonds. The zero-order valence-electron chi connectivity index (χ0n) is 20.8. The first kappa shape index (κ1) is 26.8. The van der Waals surface area contributed by atoms with E-state index in [0.29, 0.717) is 49.6 Å². The Morgan fingerprint density at radius 2 is 1.14 bits per heavy atom. The number of aliphatic hydroxyl groups excluding tert-OH is 2. The van der Waals surface area contributed by atoms with E-state index in [9.17, 15) is 24.9 Å². The lowest BCUT2D eigenvalue weighted by Crippen LogP contribution is -2.60. The van der Waals surface area contributed by atoms with Crippen molar-refractivity contribution in [2.24, 2.45) is 40.2 Å².